The van der Waals surface area contributed by atoms with Crippen molar-refractivity contribution in [2.45, 2.75) is 19.8 Å². The van der Waals surface area contributed by atoms with E-state index < -0.39 is 0 Å². The van der Waals surface area contributed by atoms with Gasteiger partial charge in [0.15, 0.2) is 11.5 Å². The standard InChI is InChI=1S/C11H18N4O3/c1-2-3-6-17-7-8-18-11-9(10(12)15-16)13-4-5-14-11/h4-5,16H,2-3,6-8H2,1H3,(H2,12,15). The zero-order chi connectivity index (χ0) is 13.2. The SMILES string of the molecule is CCCCOCCOc1nccnc1C(N)=NO. The second-order valence-corrected chi connectivity index (χ2v) is 3.51. The number of unbranched alkanes of at least 4 members (excludes halogenated alkanes) is 1. The Morgan fingerprint density at radius 2 is 2.11 bits per heavy atom. The third-order valence-electron chi connectivity index (χ3n) is 2.12. The lowest BCUT2D eigenvalue weighted by molar-refractivity contribution is 0.0963. The summed E-state index contributed by atoms with van der Waals surface area (Å²) in [5.41, 5.74) is 5.67. The van der Waals surface area contributed by atoms with E-state index in [2.05, 4.69) is 22.0 Å². The highest BCUT2D eigenvalue weighted by atomic mass is 16.5. The van der Waals surface area contributed by atoms with Crippen molar-refractivity contribution >= 4 is 5.84 Å². The van der Waals surface area contributed by atoms with Gasteiger partial charge in [-0.2, -0.15) is 0 Å². The van der Waals surface area contributed by atoms with E-state index in [9.17, 15) is 0 Å². The average Bonchev–Trinajstić information content (AvgIpc) is 2.42. The number of nitrogens with zero attached hydrogens (tertiary/aromatic N) is 3. The van der Waals surface area contributed by atoms with E-state index in [0.717, 1.165) is 12.8 Å². The highest BCUT2D eigenvalue weighted by molar-refractivity contribution is 5.97. The fraction of sp³-hybridized carbons (Fsp3) is 0.545. The van der Waals surface area contributed by atoms with Crippen molar-refractivity contribution in [1.29, 1.82) is 0 Å². The first-order valence-corrected chi connectivity index (χ1v) is 5.79. The van der Waals surface area contributed by atoms with Gasteiger partial charge in [-0.1, -0.05) is 18.5 Å². The molecule has 0 fully saturated rings. The van der Waals surface area contributed by atoms with Crippen molar-refractivity contribution in [2.75, 3.05) is 19.8 Å². The predicted octanol–water partition coefficient (Wildman–Crippen LogP) is 0.767. The van der Waals surface area contributed by atoms with E-state index in [0.29, 0.717) is 19.8 Å². The van der Waals surface area contributed by atoms with Gasteiger partial charge in [-0.05, 0) is 6.42 Å². The van der Waals surface area contributed by atoms with Crippen LogP contribution in [-0.2, 0) is 4.74 Å². The summed E-state index contributed by atoms with van der Waals surface area (Å²) in [6.45, 7) is 3.62. The van der Waals surface area contributed by atoms with Crippen LogP contribution < -0.4 is 10.5 Å². The molecule has 1 rings (SSSR count). The minimum Gasteiger partial charge on any atom is -0.474 e. The van der Waals surface area contributed by atoms with Crippen LogP contribution >= 0.6 is 0 Å². The molecule has 0 bridgehead atoms. The molecule has 0 aliphatic rings. The Balaban J connectivity index is 2.42. The van der Waals surface area contributed by atoms with E-state index in [1.165, 1.54) is 12.4 Å². The van der Waals surface area contributed by atoms with Gasteiger partial charge in [-0.25, -0.2) is 9.97 Å². The Labute approximate surface area is 106 Å². The lowest BCUT2D eigenvalue weighted by atomic mass is 10.4. The highest BCUT2D eigenvalue weighted by Crippen LogP contribution is 2.10. The molecule has 0 saturated heterocycles. The van der Waals surface area contributed by atoms with Crippen molar-refractivity contribution < 1.29 is 14.7 Å². The number of rotatable bonds is 8. The summed E-state index contributed by atoms with van der Waals surface area (Å²) in [7, 11) is 0. The molecule has 0 aliphatic heterocycles. The Kier molecular flexibility index (Phi) is 6.49. The molecule has 18 heavy (non-hydrogen) atoms. The van der Waals surface area contributed by atoms with Crippen LogP contribution in [0.4, 0.5) is 0 Å². The van der Waals surface area contributed by atoms with Gasteiger partial charge in [0.2, 0.25) is 5.88 Å². The highest BCUT2D eigenvalue weighted by Gasteiger charge is 2.10. The molecule has 1 aromatic rings. The molecule has 7 nitrogen and oxygen atoms in total. The number of ether oxygens (including phenoxy) is 2. The van der Waals surface area contributed by atoms with Crippen molar-refractivity contribution in [1.82, 2.24) is 9.97 Å². The third kappa shape index (κ3) is 4.54. The molecular formula is C11H18N4O3. The smallest absolute Gasteiger partial charge is 0.244 e. The van der Waals surface area contributed by atoms with Gasteiger partial charge < -0.3 is 20.4 Å². The van der Waals surface area contributed by atoms with Crippen LogP contribution in [0.15, 0.2) is 17.5 Å². The van der Waals surface area contributed by atoms with Gasteiger partial charge >= 0.3 is 0 Å². The summed E-state index contributed by atoms with van der Waals surface area (Å²) in [6.07, 6.45) is 5.04. The Morgan fingerprint density at radius 3 is 2.83 bits per heavy atom. The molecule has 1 aromatic heterocycles. The van der Waals surface area contributed by atoms with E-state index in [4.69, 9.17) is 20.4 Å². The molecule has 0 unspecified atom stereocenters. The van der Waals surface area contributed by atoms with Gasteiger partial charge in [0.1, 0.15) is 6.61 Å². The number of hydrogen-bond donors (Lipinski definition) is 2. The van der Waals surface area contributed by atoms with Crippen LogP contribution in [0.2, 0.25) is 0 Å². The fourth-order valence-electron chi connectivity index (χ4n) is 1.20. The molecule has 0 atom stereocenters. The van der Waals surface area contributed by atoms with Crippen molar-refractivity contribution in [3.63, 3.8) is 0 Å². The summed E-state index contributed by atoms with van der Waals surface area (Å²) in [6, 6.07) is 0. The second kappa shape index (κ2) is 8.24. The third-order valence-corrected chi connectivity index (χ3v) is 2.12. The summed E-state index contributed by atoms with van der Waals surface area (Å²) in [5.74, 6) is 0.0943. The van der Waals surface area contributed by atoms with E-state index in [-0.39, 0.29) is 17.4 Å². The number of oxime groups is 1. The quantitative estimate of drug-likeness (QED) is 0.233. The van der Waals surface area contributed by atoms with Crippen LogP contribution in [0.5, 0.6) is 5.88 Å². The molecule has 0 aromatic carbocycles. The maximum atomic E-state index is 8.60. The minimum atomic E-state index is -0.134. The lowest BCUT2D eigenvalue weighted by Crippen LogP contribution is -2.18. The first kappa shape index (κ1) is 14.2. The Bertz CT molecular complexity index is 384. The summed E-state index contributed by atoms with van der Waals surface area (Å²) < 4.78 is 10.7. The molecule has 0 spiro atoms. The molecule has 0 amide bonds. The number of nitrogens with two attached hydrogens (primary N) is 1. The van der Waals surface area contributed by atoms with E-state index >= 15 is 0 Å². The molecule has 100 valence electrons. The van der Waals surface area contributed by atoms with Crippen molar-refractivity contribution in [3.8, 4) is 5.88 Å². The Hall–Kier alpha value is -1.89. The molecule has 3 N–H and O–H groups in total. The number of amidine groups is 1. The topological polar surface area (TPSA) is 103 Å². The van der Waals surface area contributed by atoms with Gasteiger partial charge in [0.25, 0.3) is 0 Å². The van der Waals surface area contributed by atoms with E-state index in [1.807, 2.05) is 0 Å². The fourth-order valence-corrected chi connectivity index (χ4v) is 1.20. The second-order valence-electron chi connectivity index (χ2n) is 3.51. The molecule has 7 heteroatoms. The molecule has 0 aliphatic carbocycles. The maximum Gasteiger partial charge on any atom is 0.244 e. The molecule has 1 heterocycles. The van der Waals surface area contributed by atoms with Gasteiger partial charge in [0.05, 0.1) is 6.61 Å². The van der Waals surface area contributed by atoms with Crippen molar-refractivity contribution in [2.24, 2.45) is 10.9 Å². The zero-order valence-corrected chi connectivity index (χ0v) is 10.4. The largest absolute Gasteiger partial charge is 0.474 e. The summed E-state index contributed by atoms with van der Waals surface area (Å²) in [4.78, 5) is 7.90. The monoisotopic (exact) mass is 254 g/mol. The molecule has 0 radical (unpaired) electrons. The first-order chi connectivity index (χ1) is 8.79. The van der Waals surface area contributed by atoms with Gasteiger partial charge in [-0.15, -0.1) is 0 Å². The van der Waals surface area contributed by atoms with E-state index in [1.54, 1.807) is 0 Å². The first-order valence-electron chi connectivity index (χ1n) is 5.79. The molecule has 0 saturated carbocycles. The van der Waals surface area contributed by atoms with Crippen LogP contribution in [0, 0.1) is 0 Å². The predicted molar refractivity (Wildman–Crippen MR) is 65.8 cm³/mol. The lowest BCUT2D eigenvalue weighted by Gasteiger charge is -2.08. The average molecular weight is 254 g/mol. The van der Waals surface area contributed by atoms with Gasteiger partial charge in [-0.3, -0.25) is 0 Å². The van der Waals surface area contributed by atoms with Crippen LogP contribution in [0.1, 0.15) is 25.5 Å². The summed E-state index contributed by atoms with van der Waals surface area (Å²) in [5, 5.41) is 11.5. The minimum absolute atomic E-state index is 0.134. The van der Waals surface area contributed by atoms with Crippen LogP contribution in [0.25, 0.3) is 0 Å². The van der Waals surface area contributed by atoms with Gasteiger partial charge in [0, 0.05) is 19.0 Å². The Morgan fingerprint density at radius 1 is 1.33 bits per heavy atom. The normalized spacial score (nSPS) is 11.5. The molecular weight excluding hydrogens is 236 g/mol. The maximum absolute atomic E-state index is 8.60. The zero-order valence-electron chi connectivity index (χ0n) is 10.4. The number of hydrogen-bond acceptors (Lipinski definition) is 6. The summed E-state index contributed by atoms with van der Waals surface area (Å²) >= 11 is 0. The van der Waals surface area contributed by atoms with Crippen molar-refractivity contribution in [3.05, 3.63) is 18.1 Å². The van der Waals surface area contributed by atoms with Crippen LogP contribution in [0.3, 0.4) is 0 Å². The van der Waals surface area contributed by atoms with Crippen LogP contribution in [-0.4, -0.2) is 40.8 Å². The number of aromatic nitrogens is 2.